The number of hydrogen-bond acceptors (Lipinski definition) is 4. The summed E-state index contributed by atoms with van der Waals surface area (Å²) >= 11 is 0. The molecule has 6 nitrogen and oxygen atoms in total. The summed E-state index contributed by atoms with van der Waals surface area (Å²) in [5, 5.41) is 5.43. The number of pyridine rings is 1. The second-order valence-corrected chi connectivity index (χ2v) is 6.25. The van der Waals surface area contributed by atoms with Gasteiger partial charge in [-0.1, -0.05) is 12.1 Å². The van der Waals surface area contributed by atoms with Gasteiger partial charge in [0.05, 0.1) is 12.8 Å². The summed E-state index contributed by atoms with van der Waals surface area (Å²) in [6.07, 6.45) is 1.65. The van der Waals surface area contributed by atoms with E-state index in [0.717, 1.165) is 21.7 Å². The van der Waals surface area contributed by atoms with Gasteiger partial charge in [0.2, 0.25) is 0 Å². The minimum Gasteiger partial charge on any atom is -0.496 e. The maximum atomic E-state index is 12.6. The predicted octanol–water partition coefficient (Wildman–Crippen LogP) is 4.18. The average molecular weight is 359 g/mol. The number of H-pyrrole nitrogens is 1. The van der Waals surface area contributed by atoms with Gasteiger partial charge < -0.3 is 15.0 Å². The average Bonchev–Trinajstić information content (AvgIpc) is 3.10. The van der Waals surface area contributed by atoms with Gasteiger partial charge in [0, 0.05) is 40.5 Å². The lowest BCUT2D eigenvalue weighted by atomic mass is 10.1. The van der Waals surface area contributed by atoms with Gasteiger partial charge in [-0.15, -0.1) is 0 Å². The van der Waals surface area contributed by atoms with Crippen molar-refractivity contribution >= 4 is 39.1 Å². The number of carbonyl (C=O) groups is 2. The van der Waals surface area contributed by atoms with Crippen LogP contribution in [0.4, 0.5) is 5.69 Å². The molecule has 2 N–H and O–H groups in total. The highest BCUT2D eigenvalue weighted by atomic mass is 16.5. The van der Waals surface area contributed by atoms with Crippen LogP contribution in [0.1, 0.15) is 27.9 Å². The Kier molecular flexibility index (Phi) is 4.08. The number of aromatic nitrogens is 2. The Balaban J connectivity index is 1.64. The van der Waals surface area contributed by atoms with Gasteiger partial charge in [-0.25, -0.2) is 0 Å². The van der Waals surface area contributed by atoms with E-state index in [2.05, 4.69) is 15.3 Å². The highest BCUT2D eigenvalue weighted by Gasteiger charge is 2.12. The van der Waals surface area contributed by atoms with Crippen molar-refractivity contribution in [1.82, 2.24) is 9.97 Å². The van der Waals surface area contributed by atoms with E-state index in [4.69, 9.17) is 4.74 Å². The normalized spacial score (nSPS) is 10.9. The number of ether oxygens (including phenoxy) is 1. The summed E-state index contributed by atoms with van der Waals surface area (Å²) in [6, 6.07) is 14.5. The molecule has 0 spiro atoms. The Bertz CT molecular complexity index is 1190. The summed E-state index contributed by atoms with van der Waals surface area (Å²) in [7, 11) is 1.59. The molecule has 0 unspecified atom stereocenters. The lowest BCUT2D eigenvalue weighted by Gasteiger charge is -2.08. The highest BCUT2D eigenvalue weighted by Crippen LogP contribution is 2.26. The van der Waals surface area contributed by atoms with Crippen LogP contribution >= 0.6 is 0 Å². The van der Waals surface area contributed by atoms with E-state index in [-0.39, 0.29) is 11.7 Å². The second kappa shape index (κ2) is 6.57. The van der Waals surface area contributed by atoms with Crippen molar-refractivity contribution in [3.63, 3.8) is 0 Å². The molecule has 4 aromatic rings. The van der Waals surface area contributed by atoms with Crippen molar-refractivity contribution in [3.8, 4) is 5.75 Å². The molecule has 6 heteroatoms. The van der Waals surface area contributed by atoms with E-state index in [1.165, 1.54) is 6.92 Å². The molecular weight excluding hydrogens is 342 g/mol. The Labute approximate surface area is 155 Å². The van der Waals surface area contributed by atoms with Gasteiger partial charge >= 0.3 is 0 Å². The summed E-state index contributed by atoms with van der Waals surface area (Å²) in [5.41, 5.74) is 2.30. The lowest BCUT2D eigenvalue weighted by molar-refractivity contribution is 0.100. The molecule has 2 aromatic heterocycles. The zero-order valence-corrected chi connectivity index (χ0v) is 14.9. The first-order chi connectivity index (χ1) is 13.0. The molecule has 0 fully saturated rings. The first-order valence-corrected chi connectivity index (χ1v) is 8.43. The van der Waals surface area contributed by atoms with Gasteiger partial charge in [0.25, 0.3) is 5.91 Å². The smallest absolute Gasteiger partial charge is 0.274 e. The number of carbonyl (C=O) groups excluding carboxylic acids is 2. The summed E-state index contributed by atoms with van der Waals surface area (Å²) < 4.78 is 5.36. The third-order valence-corrected chi connectivity index (χ3v) is 4.43. The van der Waals surface area contributed by atoms with E-state index >= 15 is 0 Å². The van der Waals surface area contributed by atoms with Crippen molar-refractivity contribution in [2.24, 2.45) is 0 Å². The Morgan fingerprint density at radius 3 is 2.70 bits per heavy atom. The molecule has 2 heterocycles. The summed E-state index contributed by atoms with van der Waals surface area (Å²) in [6.45, 7) is 1.51. The van der Waals surface area contributed by atoms with E-state index in [1.54, 1.807) is 31.5 Å². The van der Waals surface area contributed by atoms with Crippen LogP contribution in [0.5, 0.6) is 5.75 Å². The number of rotatable bonds is 4. The molecule has 1 amide bonds. The molecule has 27 heavy (non-hydrogen) atoms. The molecule has 0 atom stereocenters. The maximum Gasteiger partial charge on any atom is 0.274 e. The van der Waals surface area contributed by atoms with Crippen molar-refractivity contribution in [3.05, 3.63) is 66.1 Å². The highest BCUT2D eigenvalue weighted by molar-refractivity contribution is 6.06. The van der Waals surface area contributed by atoms with E-state index < -0.39 is 0 Å². The lowest BCUT2D eigenvalue weighted by Crippen LogP contribution is -2.13. The molecule has 4 rings (SSSR count). The third kappa shape index (κ3) is 3.13. The van der Waals surface area contributed by atoms with Gasteiger partial charge in [-0.3, -0.25) is 14.6 Å². The van der Waals surface area contributed by atoms with E-state index in [9.17, 15) is 9.59 Å². The van der Waals surface area contributed by atoms with Gasteiger partial charge in [0.1, 0.15) is 11.4 Å². The molecule has 0 aliphatic rings. The van der Waals surface area contributed by atoms with Gasteiger partial charge in [-0.05, 0) is 36.4 Å². The molecule has 0 saturated heterocycles. The van der Waals surface area contributed by atoms with Crippen molar-refractivity contribution in [2.45, 2.75) is 6.92 Å². The number of amides is 1. The fourth-order valence-electron chi connectivity index (χ4n) is 3.04. The van der Waals surface area contributed by atoms with Crippen LogP contribution in [0, 0.1) is 0 Å². The summed E-state index contributed by atoms with van der Waals surface area (Å²) in [5.74, 6) is 0.338. The zero-order valence-electron chi connectivity index (χ0n) is 14.9. The van der Waals surface area contributed by atoms with Gasteiger partial charge in [-0.2, -0.15) is 0 Å². The number of aromatic amines is 1. The largest absolute Gasteiger partial charge is 0.496 e. The molecule has 0 bridgehead atoms. The minimum atomic E-state index is -0.315. The van der Waals surface area contributed by atoms with Crippen LogP contribution in [-0.2, 0) is 0 Å². The quantitative estimate of drug-likeness (QED) is 0.535. The first-order valence-electron chi connectivity index (χ1n) is 8.43. The zero-order chi connectivity index (χ0) is 19.0. The molecule has 134 valence electrons. The standard InChI is InChI=1S/C21H17N3O3/c1-12(25)18-9-14-8-15(6-7-17(14)24-18)23-21(26)19-10-16-13(11-22-19)4-3-5-20(16)27-2/h3-11,24H,1-2H3,(H,23,26). The number of fused-ring (bicyclic) bond motifs is 2. The topological polar surface area (TPSA) is 84.1 Å². The molecular formula is C21H17N3O3. The third-order valence-electron chi connectivity index (χ3n) is 4.43. The predicted molar refractivity (Wildman–Crippen MR) is 105 cm³/mol. The maximum absolute atomic E-state index is 12.6. The van der Waals surface area contributed by atoms with Crippen LogP contribution in [0.25, 0.3) is 21.7 Å². The molecule has 0 aliphatic heterocycles. The van der Waals surface area contributed by atoms with Crippen LogP contribution in [-0.4, -0.2) is 28.8 Å². The molecule has 0 aliphatic carbocycles. The van der Waals surface area contributed by atoms with Crippen LogP contribution < -0.4 is 10.1 Å². The van der Waals surface area contributed by atoms with Crippen molar-refractivity contribution in [1.29, 1.82) is 0 Å². The molecule has 0 radical (unpaired) electrons. The number of benzene rings is 2. The number of anilines is 1. The minimum absolute atomic E-state index is 0.0360. The van der Waals surface area contributed by atoms with Crippen molar-refractivity contribution in [2.75, 3.05) is 12.4 Å². The first kappa shape index (κ1) is 16.8. The SMILES string of the molecule is COc1cccc2cnc(C(=O)Nc3ccc4[nH]c(C(C)=O)cc4c3)cc12. The molecule has 0 saturated carbocycles. The Morgan fingerprint density at radius 1 is 1.07 bits per heavy atom. The number of nitrogens with zero attached hydrogens (tertiary/aromatic N) is 1. The number of Topliss-reactive ketones (excluding diaryl/α,β-unsaturated/α-hetero) is 1. The number of nitrogens with one attached hydrogen (secondary N) is 2. The fraction of sp³-hybridized carbons (Fsp3) is 0.0952. The number of methoxy groups -OCH3 is 1. The second-order valence-electron chi connectivity index (χ2n) is 6.25. The Hall–Kier alpha value is -3.67. The Morgan fingerprint density at radius 2 is 1.93 bits per heavy atom. The fourth-order valence-corrected chi connectivity index (χ4v) is 3.04. The number of hydrogen-bond donors (Lipinski definition) is 2. The van der Waals surface area contributed by atoms with E-state index in [1.807, 2.05) is 30.3 Å². The summed E-state index contributed by atoms with van der Waals surface area (Å²) in [4.78, 5) is 31.4. The van der Waals surface area contributed by atoms with Crippen LogP contribution in [0.3, 0.4) is 0 Å². The van der Waals surface area contributed by atoms with Crippen LogP contribution in [0.2, 0.25) is 0 Å². The molecule has 2 aromatic carbocycles. The van der Waals surface area contributed by atoms with E-state index in [0.29, 0.717) is 22.8 Å². The van der Waals surface area contributed by atoms with Crippen molar-refractivity contribution < 1.29 is 14.3 Å². The van der Waals surface area contributed by atoms with Crippen LogP contribution in [0.15, 0.2) is 54.7 Å². The monoisotopic (exact) mass is 359 g/mol. The number of ketones is 1. The van der Waals surface area contributed by atoms with Gasteiger partial charge in [0.15, 0.2) is 5.78 Å².